The lowest BCUT2D eigenvalue weighted by Gasteiger charge is -2.14. The highest BCUT2D eigenvalue weighted by molar-refractivity contribution is 6.31. The highest BCUT2D eigenvalue weighted by Crippen LogP contribution is 2.24. The van der Waals surface area contributed by atoms with Crippen LogP contribution in [-0.4, -0.2) is 35.3 Å². The van der Waals surface area contributed by atoms with E-state index in [-0.39, 0.29) is 17.7 Å². The number of anilines is 1. The molecule has 0 spiro atoms. The minimum absolute atomic E-state index is 0.0513. The van der Waals surface area contributed by atoms with Crippen molar-refractivity contribution in [3.8, 4) is 0 Å². The lowest BCUT2D eigenvalue weighted by molar-refractivity contribution is 0.103. The SMILES string of the molecule is O=C(c1ccccc1F)c1cc(Cl)ccc1NCC(O)CO. The van der Waals surface area contributed by atoms with Crippen molar-refractivity contribution in [3.05, 3.63) is 64.4 Å². The summed E-state index contributed by atoms with van der Waals surface area (Å²) in [5, 5.41) is 21.4. The van der Waals surface area contributed by atoms with Gasteiger partial charge in [-0.1, -0.05) is 23.7 Å². The number of hydrogen-bond donors (Lipinski definition) is 3. The maximum atomic E-state index is 13.8. The van der Waals surface area contributed by atoms with Gasteiger partial charge in [0.15, 0.2) is 5.78 Å². The summed E-state index contributed by atoms with van der Waals surface area (Å²) in [6, 6.07) is 10.3. The van der Waals surface area contributed by atoms with Gasteiger partial charge in [0.2, 0.25) is 0 Å². The summed E-state index contributed by atoms with van der Waals surface area (Å²) in [6.07, 6.45) is -0.966. The fraction of sp³-hybridized carbons (Fsp3) is 0.188. The third kappa shape index (κ3) is 3.82. The number of ketones is 1. The third-order valence-corrected chi connectivity index (χ3v) is 3.32. The normalized spacial score (nSPS) is 12.0. The topological polar surface area (TPSA) is 69.6 Å². The molecule has 1 atom stereocenters. The van der Waals surface area contributed by atoms with Gasteiger partial charge in [0, 0.05) is 22.8 Å². The molecular weight excluding hydrogens is 309 g/mol. The lowest BCUT2D eigenvalue weighted by atomic mass is 10.0. The molecule has 2 aromatic rings. The van der Waals surface area contributed by atoms with Gasteiger partial charge in [0.25, 0.3) is 0 Å². The standard InChI is InChI=1S/C16H15ClFNO3/c17-10-5-6-15(19-8-11(21)9-20)13(7-10)16(22)12-3-1-2-4-14(12)18/h1-7,11,19-21H,8-9H2. The Morgan fingerprint density at radius 3 is 2.64 bits per heavy atom. The minimum atomic E-state index is -0.966. The zero-order chi connectivity index (χ0) is 16.1. The van der Waals surface area contributed by atoms with Crippen LogP contribution in [-0.2, 0) is 0 Å². The second-order valence-electron chi connectivity index (χ2n) is 4.72. The molecule has 0 fully saturated rings. The van der Waals surface area contributed by atoms with Gasteiger partial charge < -0.3 is 15.5 Å². The Hall–Kier alpha value is -1.95. The molecule has 0 bridgehead atoms. The summed E-state index contributed by atoms with van der Waals surface area (Å²) < 4.78 is 13.8. The summed E-state index contributed by atoms with van der Waals surface area (Å²) >= 11 is 5.92. The van der Waals surface area contributed by atoms with Crippen LogP contribution in [0.1, 0.15) is 15.9 Å². The first-order valence-electron chi connectivity index (χ1n) is 6.64. The van der Waals surface area contributed by atoms with Crippen molar-refractivity contribution < 1.29 is 19.4 Å². The van der Waals surface area contributed by atoms with Crippen molar-refractivity contribution >= 4 is 23.1 Å². The van der Waals surface area contributed by atoms with Crippen LogP contribution in [0, 0.1) is 5.82 Å². The first kappa shape index (κ1) is 16.4. The van der Waals surface area contributed by atoms with Gasteiger partial charge in [0.05, 0.1) is 18.3 Å². The van der Waals surface area contributed by atoms with Crippen LogP contribution in [0.25, 0.3) is 0 Å². The van der Waals surface area contributed by atoms with Crippen molar-refractivity contribution in [2.75, 3.05) is 18.5 Å². The molecule has 0 radical (unpaired) electrons. The molecule has 1 unspecified atom stereocenters. The second-order valence-corrected chi connectivity index (χ2v) is 5.15. The van der Waals surface area contributed by atoms with Crippen molar-refractivity contribution in [1.82, 2.24) is 0 Å². The molecule has 2 aromatic carbocycles. The van der Waals surface area contributed by atoms with E-state index in [1.165, 1.54) is 24.3 Å². The van der Waals surface area contributed by atoms with E-state index in [2.05, 4.69) is 5.32 Å². The number of nitrogens with one attached hydrogen (secondary N) is 1. The van der Waals surface area contributed by atoms with Crippen molar-refractivity contribution in [3.63, 3.8) is 0 Å². The zero-order valence-electron chi connectivity index (χ0n) is 11.6. The number of rotatable bonds is 6. The number of carbonyl (C=O) groups excluding carboxylic acids is 1. The Morgan fingerprint density at radius 2 is 1.95 bits per heavy atom. The number of benzene rings is 2. The predicted molar refractivity (Wildman–Crippen MR) is 82.9 cm³/mol. The highest BCUT2D eigenvalue weighted by atomic mass is 35.5. The fourth-order valence-corrected chi connectivity index (χ4v) is 2.11. The van der Waals surface area contributed by atoms with Crippen molar-refractivity contribution in [1.29, 1.82) is 0 Å². The van der Waals surface area contributed by atoms with Crippen LogP contribution in [0.5, 0.6) is 0 Å². The van der Waals surface area contributed by atoms with Crippen molar-refractivity contribution in [2.45, 2.75) is 6.10 Å². The molecule has 3 N–H and O–H groups in total. The molecule has 0 aliphatic rings. The molecule has 22 heavy (non-hydrogen) atoms. The molecule has 116 valence electrons. The Balaban J connectivity index is 2.35. The van der Waals surface area contributed by atoms with Crippen LogP contribution in [0.3, 0.4) is 0 Å². The first-order chi connectivity index (χ1) is 10.5. The van der Waals surface area contributed by atoms with Crippen LogP contribution >= 0.6 is 11.6 Å². The van der Waals surface area contributed by atoms with E-state index >= 15 is 0 Å². The third-order valence-electron chi connectivity index (χ3n) is 3.08. The number of aliphatic hydroxyl groups is 2. The highest BCUT2D eigenvalue weighted by Gasteiger charge is 2.18. The largest absolute Gasteiger partial charge is 0.394 e. The quantitative estimate of drug-likeness (QED) is 0.714. The van der Waals surface area contributed by atoms with Gasteiger partial charge in [-0.2, -0.15) is 0 Å². The molecular formula is C16H15ClFNO3. The number of halogens is 2. The zero-order valence-corrected chi connectivity index (χ0v) is 12.3. The molecule has 0 aromatic heterocycles. The van der Waals surface area contributed by atoms with Crippen LogP contribution in [0.15, 0.2) is 42.5 Å². The van der Waals surface area contributed by atoms with Crippen LogP contribution < -0.4 is 5.32 Å². The lowest BCUT2D eigenvalue weighted by Crippen LogP contribution is -2.23. The van der Waals surface area contributed by atoms with Crippen molar-refractivity contribution in [2.24, 2.45) is 0 Å². The summed E-state index contributed by atoms with van der Waals surface area (Å²) in [7, 11) is 0. The fourth-order valence-electron chi connectivity index (χ4n) is 1.94. The van der Waals surface area contributed by atoms with E-state index < -0.39 is 24.3 Å². The summed E-state index contributed by atoms with van der Waals surface area (Å²) in [5.74, 6) is -1.13. The Labute approximate surface area is 132 Å². The van der Waals surface area contributed by atoms with Gasteiger partial charge >= 0.3 is 0 Å². The Bertz CT molecular complexity index is 678. The maximum Gasteiger partial charge on any atom is 0.198 e. The monoisotopic (exact) mass is 323 g/mol. The molecule has 0 saturated heterocycles. The molecule has 6 heteroatoms. The van der Waals surface area contributed by atoms with E-state index in [1.54, 1.807) is 18.2 Å². The molecule has 0 saturated carbocycles. The number of aliphatic hydroxyl groups excluding tert-OH is 2. The van der Waals surface area contributed by atoms with E-state index in [1.807, 2.05) is 0 Å². The van der Waals surface area contributed by atoms with Gasteiger partial charge in [-0.05, 0) is 30.3 Å². The average Bonchev–Trinajstić information content (AvgIpc) is 2.53. The van der Waals surface area contributed by atoms with E-state index in [0.717, 1.165) is 0 Å². The van der Waals surface area contributed by atoms with Crippen LogP contribution in [0.2, 0.25) is 5.02 Å². The van der Waals surface area contributed by atoms with Gasteiger partial charge in [-0.15, -0.1) is 0 Å². The number of carbonyl (C=O) groups is 1. The number of hydrogen-bond acceptors (Lipinski definition) is 4. The van der Waals surface area contributed by atoms with E-state index in [4.69, 9.17) is 16.7 Å². The molecule has 0 amide bonds. The molecule has 4 nitrogen and oxygen atoms in total. The molecule has 0 aliphatic heterocycles. The van der Waals surface area contributed by atoms with Gasteiger partial charge in [0.1, 0.15) is 5.82 Å². The van der Waals surface area contributed by atoms with Gasteiger partial charge in [-0.25, -0.2) is 4.39 Å². The maximum absolute atomic E-state index is 13.8. The summed E-state index contributed by atoms with van der Waals surface area (Å²) in [4.78, 5) is 12.5. The Kier molecular flexibility index (Phi) is 5.49. The van der Waals surface area contributed by atoms with E-state index in [9.17, 15) is 14.3 Å². The smallest absolute Gasteiger partial charge is 0.198 e. The average molecular weight is 324 g/mol. The molecule has 0 heterocycles. The Morgan fingerprint density at radius 1 is 1.23 bits per heavy atom. The predicted octanol–water partition coefficient (Wildman–Crippen LogP) is 2.48. The molecule has 0 aliphatic carbocycles. The molecule has 2 rings (SSSR count). The van der Waals surface area contributed by atoms with Gasteiger partial charge in [-0.3, -0.25) is 4.79 Å². The first-order valence-corrected chi connectivity index (χ1v) is 7.02. The minimum Gasteiger partial charge on any atom is -0.394 e. The summed E-state index contributed by atoms with van der Waals surface area (Å²) in [5.41, 5.74) is 0.545. The van der Waals surface area contributed by atoms with E-state index in [0.29, 0.717) is 10.7 Å². The second kappa shape index (κ2) is 7.35. The van der Waals surface area contributed by atoms with Crippen LogP contribution in [0.4, 0.5) is 10.1 Å². The summed E-state index contributed by atoms with van der Waals surface area (Å²) in [6.45, 7) is -0.354.